The molecule has 2 fully saturated rings. The van der Waals surface area contributed by atoms with E-state index in [2.05, 4.69) is 42.3 Å². The van der Waals surface area contributed by atoms with Crippen molar-refractivity contribution in [2.75, 3.05) is 13.6 Å². The second-order valence-electron chi connectivity index (χ2n) is 6.58. The number of hydrogen-bond donors (Lipinski definition) is 0. The summed E-state index contributed by atoms with van der Waals surface area (Å²) in [6.45, 7) is 1.29. The molecule has 0 bridgehead atoms. The molecule has 1 heterocycles. The van der Waals surface area contributed by atoms with E-state index in [0.717, 1.165) is 6.04 Å². The molecule has 1 aromatic rings. The molecule has 1 heteroatoms. The van der Waals surface area contributed by atoms with Crippen molar-refractivity contribution in [1.82, 2.24) is 4.90 Å². The van der Waals surface area contributed by atoms with E-state index in [9.17, 15) is 0 Å². The monoisotopic (exact) mass is 257 g/mol. The molecule has 1 nitrogen and oxygen atoms in total. The Hall–Kier alpha value is -0.820. The standard InChI is InChI=1S/C18H27N/c1-19-15-9-6-12-17(19)18(13-7-3-8-14-18)16-10-4-2-5-11-16/h2,4-5,10-11,17H,3,6-9,12-15H2,1H3/t17-/m0/s1. The lowest BCUT2D eigenvalue weighted by Crippen LogP contribution is -2.52. The Kier molecular flexibility index (Phi) is 3.93. The third kappa shape index (κ3) is 2.45. The predicted octanol–water partition coefficient (Wildman–Crippen LogP) is 4.37. The Morgan fingerprint density at radius 1 is 0.947 bits per heavy atom. The smallest absolute Gasteiger partial charge is 0.0189 e. The molecule has 1 saturated carbocycles. The zero-order valence-corrected chi connectivity index (χ0v) is 12.3. The fraction of sp³-hybridized carbons (Fsp3) is 0.667. The quantitative estimate of drug-likeness (QED) is 0.760. The molecule has 1 aliphatic heterocycles. The highest BCUT2D eigenvalue weighted by Crippen LogP contribution is 2.46. The van der Waals surface area contributed by atoms with Gasteiger partial charge in [0.15, 0.2) is 0 Å². The van der Waals surface area contributed by atoms with Crippen LogP contribution in [0.5, 0.6) is 0 Å². The minimum atomic E-state index is 0.439. The first kappa shape index (κ1) is 13.2. The van der Waals surface area contributed by atoms with Crippen molar-refractivity contribution in [2.45, 2.75) is 62.8 Å². The van der Waals surface area contributed by atoms with Gasteiger partial charge in [0, 0.05) is 11.5 Å². The molecule has 0 amide bonds. The van der Waals surface area contributed by atoms with Crippen LogP contribution in [-0.4, -0.2) is 24.5 Å². The van der Waals surface area contributed by atoms with Gasteiger partial charge in [-0.3, -0.25) is 0 Å². The van der Waals surface area contributed by atoms with Crippen LogP contribution in [0.15, 0.2) is 30.3 Å². The molecule has 0 spiro atoms. The van der Waals surface area contributed by atoms with Crippen molar-refractivity contribution in [2.24, 2.45) is 0 Å². The summed E-state index contributed by atoms with van der Waals surface area (Å²) in [7, 11) is 2.35. The Bertz CT molecular complexity index is 391. The minimum absolute atomic E-state index is 0.439. The predicted molar refractivity (Wildman–Crippen MR) is 81.5 cm³/mol. The topological polar surface area (TPSA) is 3.24 Å². The summed E-state index contributed by atoms with van der Waals surface area (Å²) in [4.78, 5) is 2.65. The number of likely N-dealkylation sites (tertiary alicyclic amines) is 1. The number of nitrogens with zero attached hydrogens (tertiary/aromatic N) is 1. The van der Waals surface area contributed by atoms with E-state index >= 15 is 0 Å². The minimum Gasteiger partial charge on any atom is -0.303 e. The number of rotatable bonds is 2. The maximum atomic E-state index is 2.65. The Morgan fingerprint density at radius 2 is 1.68 bits per heavy atom. The van der Waals surface area contributed by atoms with E-state index in [4.69, 9.17) is 0 Å². The third-order valence-electron chi connectivity index (χ3n) is 5.50. The maximum absolute atomic E-state index is 2.65. The number of benzene rings is 1. The fourth-order valence-corrected chi connectivity index (χ4v) is 4.54. The summed E-state index contributed by atoms with van der Waals surface area (Å²) in [5, 5.41) is 0. The molecule has 0 aromatic heterocycles. The summed E-state index contributed by atoms with van der Waals surface area (Å²) < 4.78 is 0. The molecule has 1 atom stereocenters. The van der Waals surface area contributed by atoms with E-state index in [1.54, 1.807) is 5.56 Å². The molecular weight excluding hydrogens is 230 g/mol. The Balaban J connectivity index is 1.96. The SMILES string of the molecule is CN1CCCC[C@H]1C1(c2ccccc2)CCCCC1. The van der Waals surface area contributed by atoms with Crippen LogP contribution in [-0.2, 0) is 5.41 Å². The highest BCUT2D eigenvalue weighted by molar-refractivity contribution is 5.29. The molecular formula is C18H27N. The lowest BCUT2D eigenvalue weighted by molar-refractivity contribution is 0.0769. The van der Waals surface area contributed by atoms with E-state index in [1.165, 1.54) is 57.9 Å². The summed E-state index contributed by atoms with van der Waals surface area (Å²) in [6, 6.07) is 12.2. The van der Waals surface area contributed by atoms with Gasteiger partial charge in [-0.15, -0.1) is 0 Å². The second kappa shape index (κ2) is 5.66. The van der Waals surface area contributed by atoms with Crippen LogP contribution >= 0.6 is 0 Å². The van der Waals surface area contributed by atoms with E-state index in [0.29, 0.717) is 5.41 Å². The van der Waals surface area contributed by atoms with Gasteiger partial charge < -0.3 is 4.90 Å². The number of piperidine rings is 1. The second-order valence-corrected chi connectivity index (χ2v) is 6.58. The lowest BCUT2D eigenvalue weighted by Gasteiger charge is -2.50. The zero-order valence-electron chi connectivity index (χ0n) is 12.3. The van der Waals surface area contributed by atoms with Crippen LogP contribution in [0.1, 0.15) is 56.9 Å². The Morgan fingerprint density at radius 3 is 2.37 bits per heavy atom. The largest absolute Gasteiger partial charge is 0.303 e. The normalized spacial score (nSPS) is 28.2. The van der Waals surface area contributed by atoms with E-state index in [-0.39, 0.29) is 0 Å². The van der Waals surface area contributed by atoms with E-state index < -0.39 is 0 Å². The van der Waals surface area contributed by atoms with Crippen LogP contribution in [0.3, 0.4) is 0 Å². The van der Waals surface area contributed by atoms with Gasteiger partial charge in [-0.2, -0.15) is 0 Å². The fourth-order valence-electron chi connectivity index (χ4n) is 4.54. The van der Waals surface area contributed by atoms with Crippen LogP contribution in [0.4, 0.5) is 0 Å². The van der Waals surface area contributed by atoms with Crippen molar-refractivity contribution < 1.29 is 0 Å². The van der Waals surface area contributed by atoms with Crippen LogP contribution in [0.25, 0.3) is 0 Å². The zero-order chi connectivity index (χ0) is 13.1. The summed E-state index contributed by atoms with van der Waals surface area (Å²) in [6.07, 6.45) is 11.3. The number of hydrogen-bond acceptors (Lipinski definition) is 1. The van der Waals surface area contributed by atoms with Crippen molar-refractivity contribution in [1.29, 1.82) is 0 Å². The van der Waals surface area contributed by atoms with Gasteiger partial charge in [0.05, 0.1) is 0 Å². The molecule has 0 unspecified atom stereocenters. The molecule has 104 valence electrons. The maximum Gasteiger partial charge on any atom is 0.0189 e. The van der Waals surface area contributed by atoms with Crippen molar-refractivity contribution in [3.63, 3.8) is 0 Å². The van der Waals surface area contributed by atoms with Crippen LogP contribution in [0.2, 0.25) is 0 Å². The average molecular weight is 257 g/mol. The van der Waals surface area contributed by atoms with Crippen LogP contribution in [0, 0.1) is 0 Å². The third-order valence-corrected chi connectivity index (χ3v) is 5.50. The van der Waals surface area contributed by atoms with Crippen molar-refractivity contribution in [3.05, 3.63) is 35.9 Å². The van der Waals surface area contributed by atoms with Gasteiger partial charge >= 0.3 is 0 Å². The molecule has 19 heavy (non-hydrogen) atoms. The first-order valence-electron chi connectivity index (χ1n) is 8.09. The first-order chi connectivity index (χ1) is 9.33. The molecule has 1 saturated heterocycles. The van der Waals surface area contributed by atoms with E-state index in [1.807, 2.05) is 0 Å². The van der Waals surface area contributed by atoms with Gasteiger partial charge in [-0.25, -0.2) is 0 Å². The average Bonchev–Trinajstić information content (AvgIpc) is 2.49. The first-order valence-corrected chi connectivity index (χ1v) is 8.09. The van der Waals surface area contributed by atoms with Crippen molar-refractivity contribution in [3.8, 4) is 0 Å². The summed E-state index contributed by atoms with van der Waals surface area (Å²) in [5.41, 5.74) is 2.04. The van der Waals surface area contributed by atoms with Gasteiger partial charge in [0.25, 0.3) is 0 Å². The number of likely N-dealkylation sites (N-methyl/N-ethyl adjacent to an activating group) is 1. The van der Waals surface area contributed by atoms with Crippen LogP contribution < -0.4 is 0 Å². The van der Waals surface area contributed by atoms with Gasteiger partial charge in [-0.05, 0) is 44.8 Å². The lowest BCUT2D eigenvalue weighted by atomic mass is 9.63. The highest BCUT2D eigenvalue weighted by atomic mass is 15.1. The summed E-state index contributed by atoms with van der Waals surface area (Å²) >= 11 is 0. The molecule has 1 aromatic carbocycles. The van der Waals surface area contributed by atoms with Gasteiger partial charge in [-0.1, -0.05) is 56.0 Å². The molecule has 0 radical (unpaired) electrons. The van der Waals surface area contributed by atoms with Gasteiger partial charge in [0.2, 0.25) is 0 Å². The Labute approximate surface area is 118 Å². The van der Waals surface area contributed by atoms with Gasteiger partial charge in [0.1, 0.15) is 0 Å². The molecule has 2 aliphatic rings. The van der Waals surface area contributed by atoms with Crippen molar-refractivity contribution >= 4 is 0 Å². The molecule has 3 rings (SSSR count). The highest BCUT2D eigenvalue weighted by Gasteiger charge is 2.43. The summed E-state index contributed by atoms with van der Waals surface area (Å²) in [5.74, 6) is 0. The molecule has 1 aliphatic carbocycles. The molecule has 0 N–H and O–H groups in total.